The summed E-state index contributed by atoms with van der Waals surface area (Å²) in [6, 6.07) is 5.94. The summed E-state index contributed by atoms with van der Waals surface area (Å²) in [5.74, 6) is 1.79. The molecule has 0 bridgehead atoms. The summed E-state index contributed by atoms with van der Waals surface area (Å²) in [4.78, 5) is 11.8. The first-order valence-corrected chi connectivity index (χ1v) is 6.51. The second kappa shape index (κ2) is 6.28. The van der Waals surface area contributed by atoms with Gasteiger partial charge in [0.25, 0.3) is 0 Å². The van der Waals surface area contributed by atoms with Crippen molar-refractivity contribution in [2.24, 2.45) is 0 Å². The van der Waals surface area contributed by atoms with Crippen LogP contribution in [0, 0.1) is 13.8 Å². The molecule has 0 radical (unpaired) electrons. The van der Waals surface area contributed by atoms with Crippen LogP contribution in [-0.2, 0) is 4.79 Å². The van der Waals surface area contributed by atoms with Crippen LogP contribution < -0.4 is 10.6 Å². The van der Waals surface area contributed by atoms with Gasteiger partial charge in [0.05, 0.1) is 6.04 Å². The van der Waals surface area contributed by atoms with E-state index in [0.29, 0.717) is 0 Å². The van der Waals surface area contributed by atoms with Gasteiger partial charge < -0.3 is 5.32 Å². The minimum atomic E-state index is -0.0494. The van der Waals surface area contributed by atoms with Crippen molar-refractivity contribution in [2.75, 3.05) is 16.9 Å². The van der Waals surface area contributed by atoms with Crippen LogP contribution in [0.3, 0.4) is 0 Å². The first kappa shape index (κ1) is 14.4. The van der Waals surface area contributed by atoms with Gasteiger partial charge in [0.1, 0.15) is 0 Å². The summed E-state index contributed by atoms with van der Waals surface area (Å²) in [7, 11) is 0. The Kier molecular flexibility index (Phi) is 5.31. The van der Waals surface area contributed by atoms with E-state index in [1.54, 1.807) is 11.8 Å². The van der Waals surface area contributed by atoms with E-state index in [9.17, 15) is 4.79 Å². The largest absolute Gasteiger partial charge is 0.325 e. The van der Waals surface area contributed by atoms with E-state index in [-0.39, 0.29) is 24.4 Å². The van der Waals surface area contributed by atoms with E-state index in [1.165, 1.54) is 11.1 Å². The third-order valence-electron chi connectivity index (χ3n) is 2.81. The minimum absolute atomic E-state index is 0. The Morgan fingerprint density at radius 1 is 1.41 bits per heavy atom. The highest BCUT2D eigenvalue weighted by Crippen LogP contribution is 2.16. The van der Waals surface area contributed by atoms with Crippen LogP contribution in [0.2, 0.25) is 0 Å². The number of halogens is 1. The van der Waals surface area contributed by atoms with Crippen molar-refractivity contribution >= 4 is 35.8 Å². The van der Waals surface area contributed by atoms with Crippen molar-refractivity contribution in [3.63, 3.8) is 0 Å². The van der Waals surface area contributed by atoms with Gasteiger partial charge in [0, 0.05) is 17.3 Å². The maximum absolute atomic E-state index is 11.8. The quantitative estimate of drug-likeness (QED) is 0.868. The van der Waals surface area contributed by atoms with Crippen LogP contribution in [0.4, 0.5) is 5.69 Å². The molecule has 17 heavy (non-hydrogen) atoms. The third kappa shape index (κ3) is 3.63. The van der Waals surface area contributed by atoms with Gasteiger partial charge in [0.2, 0.25) is 5.91 Å². The van der Waals surface area contributed by atoms with Gasteiger partial charge >= 0.3 is 0 Å². The molecule has 1 aromatic rings. The lowest BCUT2D eigenvalue weighted by molar-refractivity contribution is -0.117. The predicted octanol–water partition coefficient (Wildman–Crippen LogP) is 2.33. The maximum atomic E-state index is 11.8. The smallest absolute Gasteiger partial charge is 0.242 e. The molecule has 1 unspecified atom stereocenters. The molecular weight excluding hydrogens is 256 g/mol. The number of benzene rings is 1. The Morgan fingerprint density at radius 2 is 2.18 bits per heavy atom. The van der Waals surface area contributed by atoms with E-state index in [2.05, 4.69) is 24.5 Å². The highest BCUT2D eigenvalue weighted by molar-refractivity contribution is 7.99. The molecule has 1 atom stereocenters. The summed E-state index contributed by atoms with van der Waals surface area (Å²) in [6.07, 6.45) is 0. The predicted molar refractivity (Wildman–Crippen MR) is 76.0 cm³/mol. The molecular formula is C12H17ClN2OS. The zero-order valence-electron chi connectivity index (χ0n) is 9.95. The van der Waals surface area contributed by atoms with E-state index in [0.717, 1.165) is 17.3 Å². The van der Waals surface area contributed by atoms with Gasteiger partial charge in [-0.1, -0.05) is 6.07 Å². The monoisotopic (exact) mass is 272 g/mol. The number of carbonyl (C=O) groups excluding carboxylic acids is 1. The number of hydrogen-bond acceptors (Lipinski definition) is 3. The maximum Gasteiger partial charge on any atom is 0.242 e. The average molecular weight is 273 g/mol. The highest BCUT2D eigenvalue weighted by Gasteiger charge is 2.22. The normalized spacial score (nSPS) is 18.6. The Bertz CT molecular complexity index is 405. The van der Waals surface area contributed by atoms with E-state index >= 15 is 0 Å². The fraction of sp³-hybridized carbons (Fsp3) is 0.417. The Balaban J connectivity index is 0.00000144. The van der Waals surface area contributed by atoms with Crippen LogP contribution >= 0.6 is 24.2 Å². The van der Waals surface area contributed by atoms with E-state index in [4.69, 9.17) is 0 Å². The molecule has 1 fully saturated rings. The van der Waals surface area contributed by atoms with E-state index in [1.807, 2.05) is 18.2 Å². The molecule has 0 aliphatic carbocycles. The second-order valence-corrected chi connectivity index (χ2v) is 5.09. The lowest BCUT2D eigenvalue weighted by Crippen LogP contribution is -2.37. The number of thioether (sulfide) groups is 1. The topological polar surface area (TPSA) is 41.1 Å². The van der Waals surface area contributed by atoms with Crippen molar-refractivity contribution in [1.29, 1.82) is 0 Å². The lowest BCUT2D eigenvalue weighted by Gasteiger charge is -2.11. The summed E-state index contributed by atoms with van der Waals surface area (Å²) in [5, 5.41) is 6.09. The number of hydrogen-bond donors (Lipinski definition) is 2. The van der Waals surface area contributed by atoms with Gasteiger partial charge in [-0.25, -0.2) is 0 Å². The average Bonchev–Trinajstić information content (AvgIpc) is 2.77. The summed E-state index contributed by atoms with van der Waals surface area (Å²) in [6.45, 7) is 4.12. The zero-order chi connectivity index (χ0) is 11.5. The number of nitrogens with one attached hydrogen (secondary N) is 2. The molecule has 0 spiro atoms. The van der Waals surface area contributed by atoms with Crippen molar-refractivity contribution in [2.45, 2.75) is 19.9 Å². The van der Waals surface area contributed by atoms with Crippen LogP contribution in [-0.4, -0.2) is 23.6 Å². The highest BCUT2D eigenvalue weighted by atomic mass is 35.5. The molecule has 0 saturated carbocycles. The number of rotatable bonds is 2. The molecule has 1 aliphatic heterocycles. The summed E-state index contributed by atoms with van der Waals surface area (Å²) in [5.41, 5.74) is 3.32. The molecule has 5 heteroatoms. The standard InChI is InChI=1S/C12H16N2OS.ClH/c1-8-3-4-10(5-9(8)2)14-12(15)11-6-16-7-13-11;/h3-5,11,13H,6-7H2,1-2H3,(H,14,15);1H. The summed E-state index contributed by atoms with van der Waals surface area (Å²) >= 11 is 1.75. The van der Waals surface area contributed by atoms with E-state index < -0.39 is 0 Å². The molecule has 1 aromatic carbocycles. The van der Waals surface area contributed by atoms with Gasteiger partial charge in [0.15, 0.2) is 0 Å². The molecule has 2 rings (SSSR count). The Morgan fingerprint density at radius 3 is 2.76 bits per heavy atom. The first-order chi connectivity index (χ1) is 7.66. The first-order valence-electron chi connectivity index (χ1n) is 5.36. The number of anilines is 1. The lowest BCUT2D eigenvalue weighted by atomic mass is 10.1. The summed E-state index contributed by atoms with van der Waals surface area (Å²) < 4.78 is 0. The van der Waals surface area contributed by atoms with Gasteiger partial charge in [-0.15, -0.1) is 24.2 Å². The number of carbonyl (C=O) groups is 1. The van der Waals surface area contributed by atoms with Crippen molar-refractivity contribution in [3.05, 3.63) is 29.3 Å². The number of aryl methyl sites for hydroxylation is 2. The minimum Gasteiger partial charge on any atom is -0.325 e. The Labute approximate surface area is 112 Å². The second-order valence-electron chi connectivity index (χ2n) is 4.06. The van der Waals surface area contributed by atoms with Crippen LogP contribution in [0.1, 0.15) is 11.1 Å². The van der Waals surface area contributed by atoms with Gasteiger partial charge in [-0.3, -0.25) is 10.1 Å². The van der Waals surface area contributed by atoms with Crippen LogP contribution in [0.15, 0.2) is 18.2 Å². The molecule has 3 nitrogen and oxygen atoms in total. The fourth-order valence-corrected chi connectivity index (χ4v) is 2.55. The van der Waals surface area contributed by atoms with Gasteiger partial charge in [-0.2, -0.15) is 0 Å². The molecule has 0 aromatic heterocycles. The number of amides is 1. The van der Waals surface area contributed by atoms with Crippen molar-refractivity contribution in [1.82, 2.24) is 5.32 Å². The molecule has 1 amide bonds. The molecule has 1 saturated heterocycles. The van der Waals surface area contributed by atoms with Crippen molar-refractivity contribution in [3.8, 4) is 0 Å². The molecule has 1 aliphatic rings. The SMILES string of the molecule is Cc1ccc(NC(=O)C2CSCN2)cc1C.Cl. The van der Waals surface area contributed by atoms with Gasteiger partial charge in [-0.05, 0) is 37.1 Å². The van der Waals surface area contributed by atoms with Crippen LogP contribution in [0.5, 0.6) is 0 Å². The molecule has 1 heterocycles. The fourth-order valence-electron chi connectivity index (χ4n) is 1.61. The zero-order valence-corrected chi connectivity index (χ0v) is 11.6. The van der Waals surface area contributed by atoms with Crippen LogP contribution in [0.25, 0.3) is 0 Å². The molecule has 94 valence electrons. The third-order valence-corrected chi connectivity index (χ3v) is 3.75. The Hall–Kier alpha value is -0.710. The molecule has 2 N–H and O–H groups in total. The van der Waals surface area contributed by atoms with Crippen molar-refractivity contribution < 1.29 is 4.79 Å².